The zero-order valence-corrected chi connectivity index (χ0v) is 14.4. The van der Waals surface area contributed by atoms with Crippen molar-refractivity contribution in [1.82, 2.24) is 5.32 Å². The Hall–Kier alpha value is -2.04. The van der Waals surface area contributed by atoms with E-state index in [2.05, 4.69) is 5.32 Å². The molecule has 1 atom stereocenters. The number of alkyl carbamates (subject to hydrolysis) is 1. The van der Waals surface area contributed by atoms with Crippen LogP contribution >= 0.6 is 0 Å². The van der Waals surface area contributed by atoms with Gasteiger partial charge >= 0.3 is 12.1 Å². The smallest absolute Gasteiger partial charge is 0.408 e. The monoisotopic (exact) mass is 307 g/mol. The summed E-state index contributed by atoms with van der Waals surface area (Å²) in [6.45, 7) is 11.1. The van der Waals surface area contributed by atoms with Gasteiger partial charge in [0.05, 0.1) is 7.11 Å². The molecule has 0 aliphatic carbocycles. The van der Waals surface area contributed by atoms with Crippen LogP contribution in [0.3, 0.4) is 0 Å². The van der Waals surface area contributed by atoms with E-state index in [0.717, 1.165) is 22.3 Å². The quantitative estimate of drug-likeness (QED) is 0.870. The lowest BCUT2D eigenvalue weighted by Crippen LogP contribution is -2.39. The highest BCUT2D eigenvalue weighted by Crippen LogP contribution is 2.25. The summed E-state index contributed by atoms with van der Waals surface area (Å²) in [5.41, 5.74) is 3.04. The van der Waals surface area contributed by atoms with Crippen LogP contribution < -0.4 is 5.32 Å². The van der Waals surface area contributed by atoms with Crippen molar-refractivity contribution in [3.8, 4) is 0 Å². The molecule has 0 radical (unpaired) electrons. The summed E-state index contributed by atoms with van der Waals surface area (Å²) in [5.74, 6) is -0.527. The lowest BCUT2D eigenvalue weighted by Gasteiger charge is -2.24. The van der Waals surface area contributed by atoms with Gasteiger partial charge in [-0.2, -0.15) is 0 Å². The van der Waals surface area contributed by atoms with E-state index in [1.807, 2.05) is 32.9 Å². The van der Waals surface area contributed by atoms with Gasteiger partial charge in [0.1, 0.15) is 5.60 Å². The number of carbonyl (C=O) groups is 2. The molecule has 1 rings (SSSR count). The summed E-state index contributed by atoms with van der Waals surface area (Å²) < 4.78 is 10.1. The van der Waals surface area contributed by atoms with E-state index in [9.17, 15) is 9.59 Å². The Morgan fingerprint density at radius 1 is 1.09 bits per heavy atom. The topological polar surface area (TPSA) is 64.6 Å². The second kappa shape index (κ2) is 6.81. The highest BCUT2D eigenvalue weighted by molar-refractivity contribution is 5.83. The van der Waals surface area contributed by atoms with Crippen LogP contribution in [0.2, 0.25) is 0 Å². The van der Waals surface area contributed by atoms with Gasteiger partial charge in [-0.25, -0.2) is 9.59 Å². The molecule has 1 aromatic carbocycles. The number of esters is 1. The average molecular weight is 307 g/mol. The van der Waals surface area contributed by atoms with Crippen LogP contribution in [0.4, 0.5) is 4.79 Å². The SMILES string of the molecule is COC(=O)[C@@H](NC(=O)OC(C)(C)C)c1c(C)cc(C)cc1C. The molecule has 122 valence electrons. The highest BCUT2D eigenvalue weighted by atomic mass is 16.6. The second-order valence-corrected chi connectivity index (χ2v) is 6.41. The van der Waals surface area contributed by atoms with E-state index in [4.69, 9.17) is 9.47 Å². The van der Waals surface area contributed by atoms with Crippen LogP contribution in [0, 0.1) is 20.8 Å². The van der Waals surface area contributed by atoms with Crippen molar-refractivity contribution in [2.45, 2.75) is 53.2 Å². The van der Waals surface area contributed by atoms with E-state index in [0.29, 0.717) is 0 Å². The molecule has 5 nitrogen and oxygen atoms in total. The lowest BCUT2D eigenvalue weighted by atomic mass is 9.94. The first-order valence-electron chi connectivity index (χ1n) is 7.20. The predicted octanol–water partition coefficient (Wildman–Crippen LogP) is 3.35. The summed E-state index contributed by atoms with van der Waals surface area (Å²) in [5, 5.41) is 2.61. The number of rotatable bonds is 3. The molecule has 0 aliphatic rings. The van der Waals surface area contributed by atoms with Crippen molar-refractivity contribution in [3.05, 3.63) is 34.4 Å². The molecule has 0 heterocycles. The van der Waals surface area contributed by atoms with Crippen LogP contribution in [0.5, 0.6) is 0 Å². The molecule has 0 bridgehead atoms. The number of aryl methyl sites for hydroxylation is 3. The van der Waals surface area contributed by atoms with E-state index < -0.39 is 23.7 Å². The van der Waals surface area contributed by atoms with Gasteiger partial charge in [-0.15, -0.1) is 0 Å². The Morgan fingerprint density at radius 2 is 1.59 bits per heavy atom. The molecule has 0 spiro atoms. The van der Waals surface area contributed by atoms with Gasteiger partial charge in [0, 0.05) is 0 Å². The molecule has 0 aromatic heterocycles. The van der Waals surface area contributed by atoms with E-state index >= 15 is 0 Å². The summed E-state index contributed by atoms with van der Waals surface area (Å²) >= 11 is 0. The van der Waals surface area contributed by atoms with Crippen molar-refractivity contribution < 1.29 is 19.1 Å². The molecule has 0 unspecified atom stereocenters. The third-order valence-corrected chi connectivity index (χ3v) is 3.12. The Labute approximate surface area is 132 Å². The normalized spacial score (nSPS) is 12.5. The molecule has 0 saturated carbocycles. The Bertz CT molecular complexity index is 550. The van der Waals surface area contributed by atoms with Crippen molar-refractivity contribution in [2.24, 2.45) is 0 Å². The van der Waals surface area contributed by atoms with Gasteiger partial charge < -0.3 is 14.8 Å². The Morgan fingerprint density at radius 3 is 2.00 bits per heavy atom. The Kier molecular flexibility index (Phi) is 5.58. The largest absolute Gasteiger partial charge is 0.467 e. The predicted molar refractivity (Wildman–Crippen MR) is 84.8 cm³/mol. The van der Waals surface area contributed by atoms with Crippen LogP contribution in [0.1, 0.15) is 49.1 Å². The van der Waals surface area contributed by atoms with Gasteiger partial charge in [0.25, 0.3) is 0 Å². The summed E-state index contributed by atoms with van der Waals surface area (Å²) in [7, 11) is 1.30. The first kappa shape index (κ1) is 18.0. The molecule has 1 amide bonds. The van der Waals surface area contributed by atoms with E-state index in [1.54, 1.807) is 20.8 Å². The van der Waals surface area contributed by atoms with E-state index in [1.165, 1.54) is 7.11 Å². The fraction of sp³-hybridized carbons (Fsp3) is 0.529. The molecular formula is C17H25NO4. The third kappa shape index (κ3) is 4.76. The van der Waals surface area contributed by atoms with Crippen molar-refractivity contribution in [3.63, 3.8) is 0 Å². The number of methoxy groups -OCH3 is 1. The maximum Gasteiger partial charge on any atom is 0.408 e. The zero-order chi connectivity index (χ0) is 17.1. The first-order valence-corrected chi connectivity index (χ1v) is 7.20. The second-order valence-electron chi connectivity index (χ2n) is 6.41. The van der Waals surface area contributed by atoms with Crippen molar-refractivity contribution >= 4 is 12.1 Å². The number of benzene rings is 1. The van der Waals surface area contributed by atoms with Gasteiger partial charge in [-0.05, 0) is 58.2 Å². The van der Waals surface area contributed by atoms with Gasteiger partial charge in [-0.1, -0.05) is 17.7 Å². The summed E-state index contributed by atoms with van der Waals surface area (Å²) in [6.07, 6.45) is -0.651. The lowest BCUT2D eigenvalue weighted by molar-refractivity contribution is -0.143. The minimum absolute atomic E-state index is 0.527. The fourth-order valence-corrected chi connectivity index (χ4v) is 2.44. The number of nitrogens with one attached hydrogen (secondary N) is 1. The minimum Gasteiger partial charge on any atom is -0.467 e. The zero-order valence-electron chi connectivity index (χ0n) is 14.4. The Balaban J connectivity index is 3.15. The number of hydrogen-bond donors (Lipinski definition) is 1. The van der Waals surface area contributed by atoms with E-state index in [-0.39, 0.29) is 0 Å². The number of carbonyl (C=O) groups excluding carboxylic acids is 2. The molecule has 1 aromatic rings. The van der Waals surface area contributed by atoms with Crippen LogP contribution in [-0.4, -0.2) is 24.8 Å². The molecule has 22 heavy (non-hydrogen) atoms. The maximum atomic E-state index is 12.1. The fourth-order valence-electron chi connectivity index (χ4n) is 2.44. The molecular weight excluding hydrogens is 282 g/mol. The van der Waals surface area contributed by atoms with Crippen molar-refractivity contribution in [1.29, 1.82) is 0 Å². The van der Waals surface area contributed by atoms with Gasteiger partial charge in [0.15, 0.2) is 6.04 Å². The van der Waals surface area contributed by atoms with Crippen LogP contribution in [0.15, 0.2) is 12.1 Å². The van der Waals surface area contributed by atoms with Gasteiger partial charge in [0.2, 0.25) is 0 Å². The van der Waals surface area contributed by atoms with Crippen molar-refractivity contribution in [2.75, 3.05) is 7.11 Å². The standard InChI is InChI=1S/C17H25NO4/c1-10-8-11(2)13(12(3)9-10)14(15(19)21-7)18-16(20)22-17(4,5)6/h8-9,14H,1-7H3,(H,18,20)/t14-/m0/s1. The molecule has 0 fully saturated rings. The molecule has 1 N–H and O–H groups in total. The highest BCUT2D eigenvalue weighted by Gasteiger charge is 2.29. The first-order chi connectivity index (χ1) is 10.0. The molecule has 0 aliphatic heterocycles. The van der Waals surface area contributed by atoms with Gasteiger partial charge in [-0.3, -0.25) is 0 Å². The van der Waals surface area contributed by atoms with Crippen LogP contribution in [-0.2, 0) is 14.3 Å². The summed E-state index contributed by atoms with van der Waals surface area (Å²) in [4.78, 5) is 24.1. The minimum atomic E-state index is -0.888. The summed E-state index contributed by atoms with van der Waals surface area (Å²) in [6, 6.07) is 3.05. The molecule has 5 heteroatoms. The number of amides is 1. The molecule has 0 saturated heterocycles. The number of hydrogen-bond acceptors (Lipinski definition) is 4. The average Bonchev–Trinajstić information content (AvgIpc) is 2.33. The third-order valence-electron chi connectivity index (χ3n) is 3.12. The van der Waals surface area contributed by atoms with Crippen LogP contribution in [0.25, 0.3) is 0 Å². The maximum absolute atomic E-state index is 12.1. The number of ether oxygens (including phenoxy) is 2.